The van der Waals surface area contributed by atoms with Crippen LogP contribution in [0, 0.1) is 0 Å². The van der Waals surface area contributed by atoms with Crippen molar-refractivity contribution in [3.8, 4) is 11.5 Å². The summed E-state index contributed by atoms with van der Waals surface area (Å²) in [5.41, 5.74) is 8.07. The van der Waals surface area contributed by atoms with Gasteiger partial charge in [-0.05, 0) is 48.4 Å². The Hall–Kier alpha value is -3.59. The number of aliphatic carboxylic acids is 1. The van der Waals surface area contributed by atoms with Crippen molar-refractivity contribution in [3.05, 3.63) is 53.1 Å². The first-order chi connectivity index (χ1) is 15.9. The third kappa shape index (κ3) is 5.61. The predicted molar refractivity (Wildman–Crippen MR) is 123 cm³/mol. The summed E-state index contributed by atoms with van der Waals surface area (Å²) in [4.78, 5) is 40.1. The van der Waals surface area contributed by atoms with E-state index in [-0.39, 0.29) is 31.1 Å². The number of piperazine rings is 1. The molecule has 0 aromatic heterocycles. The summed E-state index contributed by atoms with van der Waals surface area (Å²) in [6.45, 7) is 2.15. The molecule has 1 heterocycles. The molecule has 0 spiro atoms. The quantitative estimate of drug-likeness (QED) is 0.549. The van der Waals surface area contributed by atoms with E-state index in [4.69, 9.17) is 20.3 Å². The summed E-state index contributed by atoms with van der Waals surface area (Å²) in [5.74, 6) is -0.153. The SMILES string of the molecule is COc1ccc(C(=O)N2CCN(c3ccc(C(=O)CN)c(CCC(=O)O)c3)CC2)cc1OC. The highest BCUT2D eigenvalue weighted by atomic mass is 16.5. The van der Waals surface area contributed by atoms with Crippen LogP contribution in [0.15, 0.2) is 36.4 Å². The van der Waals surface area contributed by atoms with Crippen molar-refractivity contribution in [1.82, 2.24) is 4.90 Å². The smallest absolute Gasteiger partial charge is 0.303 e. The van der Waals surface area contributed by atoms with Gasteiger partial charge in [0.15, 0.2) is 17.3 Å². The van der Waals surface area contributed by atoms with E-state index in [1.54, 1.807) is 36.3 Å². The van der Waals surface area contributed by atoms with Crippen molar-refractivity contribution < 1.29 is 29.0 Å². The highest BCUT2D eigenvalue weighted by Gasteiger charge is 2.24. The molecule has 176 valence electrons. The van der Waals surface area contributed by atoms with Crippen LogP contribution in [-0.4, -0.2) is 74.6 Å². The third-order valence-corrected chi connectivity index (χ3v) is 5.75. The minimum atomic E-state index is -0.922. The van der Waals surface area contributed by atoms with Crippen LogP contribution in [0.5, 0.6) is 11.5 Å². The van der Waals surface area contributed by atoms with Gasteiger partial charge in [-0.3, -0.25) is 14.4 Å². The molecule has 33 heavy (non-hydrogen) atoms. The van der Waals surface area contributed by atoms with E-state index in [9.17, 15) is 14.4 Å². The van der Waals surface area contributed by atoms with Crippen LogP contribution < -0.4 is 20.1 Å². The van der Waals surface area contributed by atoms with Gasteiger partial charge in [-0.1, -0.05) is 0 Å². The van der Waals surface area contributed by atoms with E-state index in [1.165, 1.54) is 7.11 Å². The largest absolute Gasteiger partial charge is 0.493 e. The molecular weight excluding hydrogens is 426 g/mol. The molecule has 9 heteroatoms. The van der Waals surface area contributed by atoms with Crippen LogP contribution in [0.3, 0.4) is 0 Å². The number of methoxy groups -OCH3 is 2. The Bertz CT molecular complexity index is 1030. The molecule has 0 atom stereocenters. The molecule has 2 aromatic rings. The average molecular weight is 456 g/mol. The lowest BCUT2D eigenvalue weighted by molar-refractivity contribution is -0.136. The lowest BCUT2D eigenvalue weighted by Gasteiger charge is -2.36. The number of carbonyl (C=O) groups is 3. The van der Waals surface area contributed by atoms with Crippen LogP contribution in [0.4, 0.5) is 5.69 Å². The number of ether oxygens (including phenoxy) is 2. The molecule has 1 fully saturated rings. The second-order valence-corrected chi connectivity index (χ2v) is 7.71. The minimum absolute atomic E-state index is 0.0676. The number of Topliss-reactive ketones (excluding diaryl/α,β-unsaturated/α-hetero) is 1. The first kappa shape index (κ1) is 24.1. The van der Waals surface area contributed by atoms with Gasteiger partial charge in [-0.2, -0.15) is 0 Å². The van der Waals surface area contributed by atoms with Crippen molar-refractivity contribution >= 4 is 23.3 Å². The number of nitrogens with two attached hydrogens (primary N) is 1. The first-order valence-corrected chi connectivity index (χ1v) is 10.7. The van der Waals surface area contributed by atoms with Crippen LogP contribution in [0.2, 0.25) is 0 Å². The van der Waals surface area contributed by atoms with Gasteiger partial charge in [0.1, 0.15) is 0 Å². The number of rotatable bonds is 9. The lowest BCUT2D eigenvalue weighted by Crippen LogP contribution is -2.48. The van der Waals surface area contributed by atoms with Crippen LogP contribution in [0.1, 0.15) is 32.7 Å². The van der Waals surface area contributed by atoms with Crippen LogP contribution >= 0.6 is 0 Å². The molecule has 2 aromatic carbocycles. The predicted octanol–water partition coefficient (Wildman–Crippen LogP) is 1.82. The first-order valence-electron chi connectivity index (χ1n) is 10.7. The van der Waals surface area contributed by atoms with Crippen LogP contribution in [-0.2, 0) is 11.2 Å². The van der Waals surface area contributed by atoms with Gasteiger partial charge in [0.25, 0.3) is 5.91 Å². The fourth-order valence-corrected chi connectivity index (χ4v) is 3.93. The maximum atomic E-state index is 13.0. The van der Waals surface area contributed by atoms with Gasteiger partial charge >= 0.3 is 5.97 Å². The summed E-state index contributed by atoms with van der Waals surface area (Å²) in [6, 6.07) is 10.5. The number of aryl methyl sites for hydroxylation is 1. The highest BCUT2D eigenvalue weighted by Crippen LogP contribution is 2.28. The van der Waals surface area contributed by atoms with E-state index in [0.717, 1.165) is 5.69 Å². The molecule has 3 rings (SSSR count). The number of anilines is 1. The monoisotopic (exact) mass is 455 g/mol. The molecule has 1 saturated heterocycles. The standard InChI is InChI=1S/C24H29N3O6/c1-32-21-7-3-17(14-22(21)33-2)24(31)27-11-9-26(10-12-27)18-5-6-19(20(28)15-25)16(13-18)4-8-23(29)30/h3,5-7,13-14H,4,8-12,15,25H2,1-2H3,(H,29,30). The fraction of sp³-hybridized carbons (Fsp3) is 0.375. The zero-order valence-electron chi connectivity index (χ0n) is 18.9. The Kier molecular flexibility index (Phi) is 7.89. The number of hydrogen-bond donors (Lipinski definition) is 2. The van der Waals surface area contributed by atoms with E-state index in [0.29, 0.717) is 54.4 Å². The number of hydrogen-bond acceptors (Lipinski definition) is 7. The maximum absolute atomic E-state index is 13.0. The van der Waals surface area contributed by atoms with Crippen molar-refractivity contribution in [3.63, 3.8) is 0 Å². The number of ketones is 1. The molecule has 1 amide bonds. The molecule has 9 nitrogen and oxygen atoms in total. The van der Waals surface area contributed by atoms with Gasteiger partial charge in [0.2, 0.25) is 0 Å². The van der Waals surface area contributed by atoms with E-state index < -0.39 is 5.97 Å². The van der Waals surface area contributed by atoms with Crippen molar-refractivity contribution in [2.75, 3.05) is 51.8 Å². The number of amides is 1. The Morgan fingerprint density at radius 2 is 1.67 bits per heavy atom. The Balaban J connectivity index is 1.71. The van der Waals surface area contributed by atoms with Gasteiger partial charge in [0, 0.05) is 49.4 Å². The molecule has 1 aliphatic heterocycles. The van der Waals surface area contributed by atoms with E-state index >= 15 is 0 Å². The van der Waals surface area contributed by atoms with Crippen LogP contribution in [0.25, 0.3) is 0 Å². The Labute approximate surface area is 192 Å². The van der Waals surface area contributed by atoms with Gasteiger partial charge in [0.05, 0.1) is 20.8 Å². The summed E-state index contributed by atoms with van der Waals surface area (Å²) in [5, 5.41) is 9.04. The zero-order valence-corrected chi connectivity index (χ0v) is 18.9. The Morgan fingerprint density at radius 1 is 0.970 bits per heavy atom. The van der Waals surface area contributed by atoms with Gasteiger partial charge in [-0.25, -0.2) is 0 Å². The highest BCUT2D eigenvalue weighted by molar-refractivity contribution is 5.99. The van der Waals surface area contributed by atoms with Crippen molar-refractivity contribution in [2.45, 2.75) is 12.8 Å². The van der Waals surface area contributed by atoms with E-state index in [2.05, 4.69) is 4.90 Å². The van der Waals surface area contributed by atoms with E-state index in [1.807, 2.05) is 12.1 Å². The number of benzene rings is 2. The zero-order chi connectivity index (χ0) is 24.0. The topological polar surface area (TPSA) is 122 Å². The average Bonchev–Trinajstić information content (AvgIpc) is 2.86. The maximum Gasteiger partial charge on any atom is 0.303 e. The lowest BCUT2D eigenvalue weighted by atomic mass is 9.98. The fourth-order valence-electron chi connectivity index (χ4n) is 3.93. The molecule has 0 saturated carbocycles. The summed E-state index contributed by atoms with van der Waals surface area (Å²) in [7, 11) is 3.08. The summed E-state index contributed by atoms with van der Waals surface area (Å²) < 4.78 is 10.5. The molecule has 3 N–H and O–H groups in total. The second-order valence-electron chi connectivity index (χ2n) is 7.71. The molecule has 0 bridgehead atoms. The summed E-state index contributed by atoms with van der Waals surface area (Å²) in [6.07, 6.45) is 0.184. The number of carboxylic acids is 1. The number of nitrogens with zero attached hydrogens (tertiary/aromatic N) is 2. The molecular formula is C24H29N3O6. The van der Waals surface area contributed by atoms with Crippen molar-refractivity contribution in [2.24, 2.45) is 5.73 Å². The molecule has 0 unspecified atom stereocenters. The molecule has 0 radical (unpaired) electrons. The molecule has 0 aliphatic carbocycles. The normalized spacial score (nSPS) is 13.5. The number of carboxylic acid groups (broad SMARTS) is 1. The van der Waals surface area contributed by atoms with Gasteiger partial charge < -0.3 is 30.1 Å². The van der Waals surface area contributed by atoms with Gasteiger partial charge in [-0.15, -0.1) is 0 Å². The Morgan fingerprint density at radius 3 is 2.27 bits per heavy atom. The minimum Gasteiger partial charge on any atom is -0.493 e. The number of carbonyl (C=O) groups excluding carboxylic acids is 2. The third-order valence-electron chi connectivity index (χ3n) is 5.75. The molecule has 1 aliphatic rings. The van der Waals surface area contributed by atoms with Crippen molar-refractivity contribution in [1.29, 1.82) is 0 Å². The summed E-state index contributed by atoms with van der Waals surface area (Å²) >= 11 is 0. The second kappa shape index (κ2) is 10.8.